The van der Waals surface area contributed by atoms with E-state index in [9.17, 15) is 4.39 Å². The molecule has 0 nitrogen and oxygen atoms in total. The van der Waals surface area contributed by atoms with Crippen molar-refractivity contribution in [1.29, 1.82) is 0 Å². The SMILES string of the molecule is Cc1cc(F)ccc1C/C=C/CCCl. The Morgan fingerprint density at radius 3 is 2.79 bits per heavy atom. The average molecular weight is 213 g/mol. The van der Waals surface area contributed by atoms with Crippen molar-refractivity contribution in [2.45, 2.75) is 19.8 Å². The number of hydrogen-bond acceptors (Lipinski definition) is 0. The minimum atomic E-state index is -0.170. The summed E-state index contributed by atoms with van der Waals surface area (Å²) in [6.45, 7) is 1.92. The fraction of sp³-hybridized carbons (Fsp3) is 0.333. The highest BCUT2D eigenvalue weighted by Crippen LogP contribution is 2.11. The monoisotopic (exact) mass is 212 g/mol. The number of halogens is 2. The molecule has 1 rings (SSSR count). The first-order valence-corrected chi connectivity index (χ1v) is 5.23. The lowest BCUT2D eigenvalue weighted by molar-refractivity contribution is 0.626. The van der Waals surface area contributed by atoms with Gasteiger partial charge in [-0.3, -0.25) is 0 Å². The summed E-state index contributed by atoms with van der Waals surface area (Å²) in [6.07, 6.45) is 5.86. The van der Waals surface area contributed by atoms with Crippen LogP contribution in [0, 0.1) is 12.7 Å². The van der Waals surface area contributed by atoms with Crippen LogP contribution >= 0.6 is 11.6 Å². The van der Waals surface area contributed by atoms with Crippen LogP contribution in [0.4, 0.5) is 4.39 Å². The Morgan fingerprint density at radius 1 is 1.36 bits per heavy atom. The highest BCUT2D eigenvalue weighted by Gasteiger charge is 1.97. The smallest absolute Gasteiger partial charge is 0.123 e. The maximum atomic E-state index is 12.8. The Morgan fingerprint density at radius 2 is 2.14 bits per heavy atom. The Hall–Kier alpha value is -0.820. The first-order chi connectivity index (χ1) is 6.74. The van der Waals surface area contributed by atoms with Gasteiger partial charge < -0.3 is 0 Å². The Bertz CT molecular complexity index is 318. The Balaban J connectivity index is 2.59. The molecule has 0 N–H and O–H groups in total. The second-order valence-electron chi connectivity index (χ2n) is 3.22. The Labute approximate surface area is 89.4 Å². The van der Waals surface area contributed by atoms with Gasteiger partial charge in [-0.1, -0.05) is 18.2 Å². The standard InChI is InChI=1S/C12H14ClF/c1-10-9-12(14)7-6-11(10)5-3-2-4-8-13/h2-3,6-7,9H,4-5,8H2,1H3/b3-2+. The van der Waals surface area contributed by atoms with E-state index in [1.54, 1.807) is 6.07 Å². The van der Waals surface area contributed by atoms with Crippen LogP contribution in [0.5, 0.6) is 0 Å². The molecule has 0 aliphatic carbocycles. The molecule has 0 saturated heterocycles. The molecular weight excluding hydrogens is 199 g/mol. The summed E-state index contributed by atoms with van der Waals surface area (Å²) in [4.78, 5) is 0. The van der Waals surface area contributed by atoms with Gasteiger partial charge in [0.05, 0.1) is 0 Å². The second-order valence-corrected chi connectivity index (χ2v) is 3.60. The van der Waals surface area contributed by atoms with E-state index in [0.29, 0.717) is 5.88 Å². The molecule has 0 aliphatic heterocycles. The van der Waals surface area contributed by atoms with Crippen molar-refractivity contribution in [1.82, 2.24) is 0 Å². The fourth-order valence-corrected chi connectivity index (χ4v) is 1.41. The molecule has 0 heterocycles. The molecule has 14 heavy (non-hydrogen) atoms. The van der Waals surface area contributed by atoms with Gasteiger partial charge in [0.1, 0.15) is 5.82 Å². The van der Waals surface area contributed by atoms with Gasteiger partial charge in [0.2, 0.25) is 0 Å². The summed E-state index contributed by atoms with van der Waals surface area (Å²) in [5.74, 6) is 0.481. The van der Waals surface area contributed by atoms with E-state index in [1.165, 1.54) is 6.07 Å². The van der Waals surface area contributed by atoms with Gasteiger partial charge >= 0.3 is 0 Å². The van der Waals surface area contributed by atoms with Crippen LogP contribution in [-0.2, 0) is 6.42 Å². The van der Waals surface area contributed by atoms with Crippen molar-refractivity contribution in [2.24, 2.45) is 0 Å². The van der Waals surface area contributed by atoms with Crippen LogP contribution in [0.25, 0.3) is 0 Å². The normalized spacial score (nSPS) is 11.1. The molecule has 1 aromatic rings. The average Bonchev–Trinajstić information content (AvgIpc) is 2.15. The van der Waals surface area contributed by atoms with E-state index in [-0.39, 0.29) is 5.82 Å². The van der Waals surface area contributed by atoms with E-state index in [1.807, 2.05) is 13.0 Å². The predicted molar refractivity (Wildman–Crippen MR) is 59.3 cm³/mol. The summed E-state index contributed by atoms with van der Waals surface area (Å²) in [6, 6.07) is 4.89. The second kappa shape index (κ2) is 5.82. The van der Waals surface area contributed by atoms with Crippen LogP contribution < -0.4 is 0 Å². The highest BCUT2D eigenvalue weighted by atomic mass is 35.5. The van der Waals surface area contributed by atoms with E-state index in [0.717, 1.165) is 24.0 Å². The fourth-order valence-electron chi connectivity index (χ4n) is 1.28. The van der Waals surface area contributed by atoms with Crippen LogP contribution in [0.3, 0.4) is 0 Å². The molecule has 0 atom stereocenters. The van der Waals surface area contributed by atoms with Gasteiger partial charge in [0.25, 0.3) is 0 Å². The van der Waals surface area contributed by atoms with E-state index >= 15 is 0 Å². The van der Waals surface area contributed by atoms with Crippen LogP contribution in [0.2, 0.25) is 0 Å². The lowest BCUT2D eigenvalue weighted by atomic mass is 10.1. The quantitative estimate of drug-likeness (QED) is 0.525. The minimum absolute atomic E-state index is 0.170. The zero-order chi connectivity index (χ0) is 10.4. The molecule has 1 aromatic carbocycles. The van der Waals surface area contributed by atoms with Gasteiger partial charge in [-0.15, -0.1) is 11.6 Å². The number of aryl methyl sites for hydroxylation is 1. The van der Waals surface area contributed by atoms with E-state index in [4.69, 9.17) is 11.6 Å². The summed E-state index contributed by atoms with van der Waals surface area (Å²) in [7, 11) is 0. The van der Waals surface area contributed by atoms with Gasteiger partial charge in [-0.2, -0.15) is 0 Å². The topological polar surface area (TPSA) is 0 Å². The molecule has 76 valence electrons. The first-order valence-electron chi connectivity index (χ1n) is 4.70. The number of rotatable bonds is 4. The lowest BCUT2D eigenvalue weighted by Gasteiger charge is -2.01. The molecule has 0 fully saturated rings. The molecule has 0 radical (unpaired) electrons. The minimum Gasteiger partial charge on any atom is -0.207 e. The van der Waals surface area contributed by atoms with E-state index in [2.05, 4.69) is 12.2 Å². The summed E-state index contributed by atoms with van der Waals surface area (Å²) in [5, 5.41) is 0. The molecule has 0 bridgehead atoms. The van der Waals surface area contributed by atoms with Crippen molar-refractivity contribution in [2.75, 3.05) is 5.88 Å². The third-order valence-corrected chi connectivity index (χ3v) is 2.30. The summed E-state index contributed by atoms with van der Waals surface area (Å²) < 4.78 is 12.8. The van der Waals surface area contributed by atoms with Crippen LogP contribution in [0.15, 0.2) is 30.4 Å². The molecule has 0 unspecified atom stereocenters. The van der Waals surface area contributed by atoms with Crippen molar-refractivity contribution < 1.29 is 4.39 Å². The van der Waals surface area contributed by atoms with Crippen molar-refractivity contribution in [3.05, 3.63) is 47.3 Å². The number of benzene rings is 1. The van der Waals surface area contributed by atoms with Crippen molar-refractivity contribution in [3.8, 4) is 0 Å². The number of allylic oxidation sites excluding steroid dienone is 2. The zero-order valence-electron chi connectivity index (χ0n) is 8.26. The highest BCUT2D eigenvalue weighted by molar-refractivity contribution is 6.17. The molecule has 0 spiro atoms. The van der Waals surface area contributed by atoms with Gasteiger partial charge in [-0.25, -0.2) is 4.39 Å². The largest absolute Gasteiger partial charge is 0.207 e. The molecule has 0 aromatic heterocycles. The zero-order valence-corrected chi connectivity index (χ0v) is 9.02. The van der Waals surface area contributed by atoms with Crippen molar-refractivity contribution in [3.63, 3.8) is 0 Å². The number of alkyl halides is 1. The maximum absolute atomic E-state index is 12.8. The molecular formula is C12H14ClF. The van der Waals surface area contributed by atoms with Crippen LogP contribution in [0.1, 0.15) is 17.5 Å². The molecule has 0 aliphatic rings. The molecule has 0 saturated carbocycles. The first kappa shape index (κ1) is 11.3. The third kappa shape index (κ3) is 3.51. The van der Waals surface area contributed by atoms with Gasteiger partial charge in [0, 0.05) is 5.88 Å². The van der Waals surface area contributed by atoms with Gasteiger partial charge in [0.15, 0.2) is 0 Å². The van der Waals surface area contributed by atoms with Gasteiger partial charge in [-0.05, 0) is 43.0 Å². The summed E-state index contributed by atoms with van der Waals surface area (Å²) >= 11 is 5.53. The predicted octanol–water partition coefficient (Wildman–Crippen LogP) is 3.86. The third-order valence-electron chi connectivity index (χ3n) is 2.08. The number of hydrogen-bond donors (Lipinski definition) is 0. The lowest BCUT2D eigenvalue weighted by Crippen LogP contribution is -1.88. The molecule has 0 amide bonds. The molecule has 2 heteroatoms. The maximum Gasteiger partial charge on any atom is 0.123 e. The Kier molecular flexibility index (Phi) is 4.68. The van der Waals surface area contributed by atoms with E-state index < -0.39 is 0 Å². The van der Waals surface area contributed by atoms with Crippen molar-refractivity contribution >= 4 is 11.6 Å². The summed E-state index contributed by atoms with van der Waals surface area (Å²) in [5.41, 5.74) is 2.16. The van der Waals surface area contributed by atoms with Crippen LogP contribution in [-0.4, -0.2) is 5.88 Å².